The summed E-state index contributed by atoms with van der Waals surface area (Å²) in [6, 6.07) is 4.31. The van der Waals surface area contributed by atoms with E-state index in [9.17, 15) is 9.18 Å². The van der Waals surface area contributed by atoms with Gasteiger partial charge in [0.1, 0.15) is 5.82 Å². The third kappa shape index (κ3) is 2.42. The molecule has 1 amide bonds. The molecule has 1 saturated heterocycles. The summed E-state index contributed by atoms with van der Waals surface area (Å²) in [5.74, 6) is -0.823. The molecule has 2 atom stereocenters. The Bertz CT molecular complexity index is 452. The van der Waals surface area contributed by atoms with Crippen molar-refractivity contribution < 1.29 is 9.18 Å². The molecule has 1 heterocycles. The van der Waals surface area contributed by atoms with Gasteiger partial charge in [-0.15, -0.1) is 0 Å². The number of likely N-dealkylation sites (tertiary alicyclic amines) is 1. The number of nitrogens with two attached hydrogens (primary N) is 1. The molecule has 1 radical (unpaired) electrons. The highest BCUT2D eigenvalue weighted by molar-refractivity contribution is 6.30. The molecule has 1 aliphatic rings. The van der Waals surface area contributed by atoms with E-state index in [1.54, 1.807) is 6.07 Å². The van der Waals surface area contributed by atoms with Crippen LogP contribution in [0.15, 0.2) is 18.2 Å². The first kappa shape index (κ1) is 12.3. The topological polar surface area (TPSA) is 46.3 Å². The van der Waals surface area contributed by atoms with E-state index in [1.807, 2.05) is 18.4 Å². The highest BCUT2D eigenvalue weighted by Gasteiger charge is 2.34. The van der Waals surface area contributed by atoms with Crippen molar-refractivity contribution in [2.45, 2.75) is 12.0 Å². The summed E-state index contributed by atoms with van der Waals surface area (Å²) in [6.07, 6.45) is 1.84. The van der Waals surface area contributed by atoms with Gasteiger partial charge in [-0.3, -0.25) is 9.69 Å². The second-order valence-corrected chi connectivity index (χ2v) is 4.67. The monoisotopic (exact) mass is 255 g/mol. The third-order valence-electron chi connectivity index (χ3n) is 3.04. The molecule has 0 bridgehead atoms. The summed E-state index contributed by atoms with van der Waals surface area (Å²) in [4.78, 5) is 13.0. The van der Waals surface area contributed by atoms with Crippen LogP contribution in [0.25, 0.3) is 0 Å². The zero-order valence-corrected chi connectivity index (χ0v) is 10.1. The number of hydrogen-bond donors (Lipinski definition) is 1. The van der Waals surface area contributed by atoms with Crippen LogP contribution in [0.1, 0.15) is 11.5 Å². The summed E-state index contributed by atoms with van der Waals surface area (Å²) < 4.78 is 13.3. The molecule has 0 aliphatic carbocycles. The number of benzene rings is 1. The van der Waals surface area contributed by atoms with Gasteiger partial charge in [-0.1, -0.05) is 17.7 Å². The van der Waals surface area contributed by atoms with Crippen molar-refractivity contribution in [2.24, 2.45) is 5.73 Å². The van der Waals surface area contributed by atoms with Crippen LogP contribution in [-0.2, 0) is 4.79 Å². The van der Waals surface area contributed by atoms with E-state index in [-0.39, 0.29) is 16.8 Å². The van der Waals surface area contributed by atoms with E-state index in [4.69, 9.17) is 17.3 Å². The van der Waals surface area contributed by atoms with Crippen LogP contribution in [0.3, 0.4) is 0 Å². The minimum absolute atomic E-state index is 0.00395. The van der Waals surface area contributed by atoms with Crippen LogP contribution in [0.5, 0.6) is 0 Å². The van der Waals surface area contributed by atoms with Gasteiger partial charge < -0.3 is 5.73 Å². The molecular weight excluding hydrogens is 243 g/mol. The lowest BCUT2D eigenvalue weighted by Crippen LogP contribution is -2.37. The molecule has 0 spiro atoms. The quantitative estimate of drug-likeness (QED) is 0.872. The average molecular weight is 256 g/mol. The normalized spacial score (nSPS) is 25.1. The second-order valence-electron chi connectivity index (χ2n) is 4.26. The lowest BCUT2D eigenvalue weighted by atomic mass is 9.96. The van der Waals surface area contributed by atoms with Crippen molar-refractivity contribution in [1.29, 1.82) is 0 Å². The van der Waals surface area contributed by atoms with Gasteiger partial charge in [-0.25, -0.2) is 4.39 Å². The third-order valence-corrected chi connectivity index (χ3v) is 3.34. The number of primary amides is 1. The fraction of sp³-hybridized carbons (Fsp3) is 0.333. The Labute approximate surface area is 104 Å². The van der Waals surface area contributed by atoms with E-state index < -0.39 is 11.9 Å². The number of halogens is 2. The van der Waals surface area contributed by atoms with Crippen molar-refractivity contribution in [2.75, 3.05) is 13.6 Å². The van der Waals surface area contributed by atoms with Crippen molar-refractivity contribution in [1.82, 2.24) is 4.90 Å². The molecule has 2 unspecified atom stereocenters. The summed E-state index contributed by atoms with van der Waals surface area (Å²) >= 11 is 5.63. The van der Waals surface area contributed by atoms with Gasteiger partial charge in [-0.2, -0.15) is 0 Å². The number of carbonyl (C=O) groups is 1. The summed E-state index contributed by atoms with van der Waals surface area (Å²) in [5.41, 5.74) is 6.08. The molecular formula is C12H13ClFN2O. The van der Waals surface area contributed by atoms with Gasteiger partial charge in [0.05, 0.1) is 11.1 Å². The minimum atomic E-state index is -0.442. The average Bonchev–Trinajstić information content (AvgIpc) is 2.64. The van der Waals surface area contributed by atoms with Gasteiger partial charge >= 0.3 is 0 Å². The first-order valence-electron chi connectivity index (χ1n) is 5.28. The first-order valence-corrected chi connectivity index (χ1v) is 5.66. The highest BCUT2D eigenvalue weighted by atomic mass is 35.5. The van der Waals surface area contributed by atoms with Crippen LogP contribution in [0.2, 0.25) is 5.02 Å². The molecule has 3 nitrogen and oxygen atoms in total. The van der Waals surface area contributed by atoms with E-state index in [0.29, 0.717) is 6.54 Å². The highest BCUT2D eigenvalue weighted by Crippen LogP contribution is 2.31. The number of amides is 1. The summed E-state index contributed by atoms with van der Waals surface area (Å²) in [6.45, 7) is 0.647. The number of nitrogens with zero attached hydrogens (tertiary/aromatic N) is 1. The Balaban J connectivity index is 2.19. The molecule has 1 aliphatic heterocycles. The molecule has 2 rings (SSSR count). The Morgan fingerprint density at radius 3 is 2.82 bits per heavy atom. The Kier molecular flexibility index (Phi) is 3.35. The Morgan fingerprint density at radius 2 is 2.29 bits per heavy atom. The van der Waals surface area contributed by atoms with Gasteiger partial charge in [0.25, 0.3) is 0 Å². The van der Waals surface area contributed by atoms with Crippen LogP contribution in [0.4, 0.5) is 4.39 Å². The number of rotatable bonds is 2. The van der Waals surface area contributed by atoms with Crippen molar-refractivity contribution >= 4 is 17.5 Å². The number of likely N-dealkylation sites (N-methyl/N-ethyl adjacent to an activating group) is 1. The van der Waals surface area contributed by atoms with E-state index >= 15 is 0 Å². The molecule has 0 aromatic heterocycles. The van der Waals surface area contributed by atoms with Crippen LogP contribution >= 0.6 is 11.6 Å². The SMILES string of the molecule is CN1CC(c2ccc(Cl)c(F)c2)[CH]C1C(N)=O. The van der Waals surface area contributed by atoms with Gasteiger partial charge in [0.2, 0.25) is 5.91 Å². The van der Waals surface area contributed by atoms with Crippen LogP contribution in [0, 0.1) is 12.2 Å². The van der Waals surface area contributed by atoms with Crippen LogP contribution < -0.4 is 5.73 Å². The lowest BCUT2D eigenvalue weighted by Gasteiger charge is -2.14. The molecule has 1 aromatic carbocycles. The number of carbonyl (C=O) groups excluding carboxylic acids is 1. The Hall–Kier alpha value is -1.13. The fourth-order valence-electron chi connectivity index (χ4n) is 2.12. The standard InChI is InChI=1S/C12H13ClFN2O/c1-16-6-8(5-11(16)12(15)17)7-2-3-9(13)10(14)4-7/h2-5,8,11H,6H2,1H3,(H2,15,17). The van der Waals surface area contributed by atoms with Gasteiger partial charge in [-0.05, 0) is 31.2 Å². The predicted molar refractivity (Wildman–Crippen MR) is 64.1 cm³/mol. The molecule has 2 N–H and O–H groups in total. The Morgan fingerprint density at radius 1 is 1.59 bits per heavy atom. The predicted octanol–water partition coefficient (Wildman–Crippen LogP) is 1.57. The fourth-order valence-corrected chi connectivity index (χ4v) is 2.24. The van der Waals surface area contributed by atoms with Crippen LogP contribution in [-0.4, -0.2) is 30.4 Å². The first-order chi connectivity index (χ1) is 7.99. The van der Waals surface area contributed by atoms with E-state index in [0.717, 1.165) is 5.56 Å². The maximum absolute atomic E-state index is 13.3. The largest absolute Gasteiger partial charge is 0.368 e. The maximum Gasteiger partial charge on any atom is 0.235 e. The smallest absolute Gasteiger partial charge is 0.235 e. The molecule has 91 valence electrons. The van der Waals surface area contributed by atoms with E-state index in [1.165, 1.54) is 12.1 Å². The molecule has 17 heavy (non-hydrogen) atoms. The van der Waals surface area contributed by atoms with Crippen molar-refractivity contribution in [3.63, 3.8) is 0 Å². The lowest BCUT2D eigenvalue weighted by molar-refractivity contribution is -0.120. The zero-order chi connectivity index (χ0) is 12.6. The van der Waals surface area contributed by atoms with Crippen molar-refractivity contribution in [3.8, 4) is 0 Å². The summed E-state index contributed by atoms with van der Waals surface area (Å²) in [5, 5.41) is 0.103. The summed E-state index contributed by atoms with van der Waals surface area (Å²) in [7, 11) is 1.82. The van der Waals surface area contributed by atoms with Gasteiger partial charge in [0, 0.05) is 12.5 Å². The van der Waals surface area contributed by atoms with Gasteiger partial charge in [0.15, 0.2) is 0 Å². The van der Waals surface area contributed by atoms with Crippen molar-refractivity contribution in [3.05, 3.63) is 41.0 Å². The molecule has 1 aromatic rings. The second kappa shape index (κ2) is 4.63. The maximum atomic E-state index is 13.3. The number of hydrogen-bond acceptors (Lipinski definition) is 2. The molecule has 1 fully saturated rings. The zero-order valence-electron chi connectivity index (χ0n) is 9.36. The van der Waals surface area contributed by atoms with E-state index in [2.05, 4.69) is 0 Å². The molecule has 0 saturated carbocycles. The minimum Gasteiger partial charge on any atom is -0.368 e. The molecule has 5 heteroatoms.